The highest BCUT2D eigenvalue weighted by atomic mass is 16.3. The van der Waals surface area contributed by atoms with E-state index in [1.807, 2.05) is 0 Å². The van der Waals surface area contributed by atoms with Gasteiger partial charge in [-0.15, -0.1) is 0 Å². The SMILES string of the molecule is C=C1C(=O)CC(O)C1C=C[C@@H](O)CCCCC. The van der Waals surface area contributed by atoms with Gasteiger partial charge in [0.1, 0.15) is 0 Å². The van der Waals surface area contributed by atoms with Crippen LogP contribution in [0.3, 0.4) is 0 Å². The standard InChI is InChI=1S/C14H22O3/c1-3-4-5-6-11(15)7-8-12-10(2)13(16)9-14(12)17/h7-8,11-12,14-15,17H,2-6,9H2,1H3/t11-,12?,14?/m0/s1. The van der Waals surface area contributed by atoms with Crippen LogP contribution >= 0.6 is 0 Å². The van der Waals surface area contributed by atoms with E-state index < -0.39 is 12.2 Å². The fourth-order valence-electron chi connectivity index (χ4n) is 2.06. The van der Waals surface area contributed by atoms with Gasteiger partial charge in [-0.25, -0.2) is 0 Å². The van der Waals surface area contributed by atoms with Gasteiger partial charge in [-0.2, -0.15) is 0 Å². The third kappa shape index (κ3) is 4.10. The van der Waals surface area contributed by atoms with Gasteiger partial charge in [0, 0.05) is 12.3 Å². The van der Waals surface area contributed by atoms with Gasteiger partial charge in [0.25, 0.3) is 0 Å². The van der Waals surface area contributed by atoms with Gasteiger partial charge in [0.05, 0.1) is 12.2 Å². The molecule has 0 aromatic carbocycles. The maximum Gasteiger partial charge on any atom is 0.161 e. The minimum Gasteiger partial charge on any atom is -0.392 e. The molecule has 0 aromatic rings. The number of carbonyl (C=O) groups is 1. The second-order valence-electron chi connectivity index (χ2n) is 4.69. The first-order valence-corrected chi connectivity index (χ1v) is 6.32. The maximum atomic E-state index is 11.3. The van der Waals surface area contributed by atoms with Crippen molar-refractivity contribution in [1.82, 2.24) is 0 Å². The highest BCUT2D eigenvalue weighted by Crippen LogP contribution is 2.28. The second-order valence-corrected chi connectivity index (χ2v) is 4.69. The van der Waals surface area contributed by atoms with Crippen LogP contribution in [0.15, 0.2) is 24.3 Å². The number of ketones is 1. The summed E-state index contributed by atoms with van der Waals surface area (Å²) < 4.78 is 0. The molecule has 3 atom stereocenters. The van der Waals surface area contributed by atoms with Gasteiger partial charge < -0.3 is 10.2 Å². The molecule has 0 amide bonds. The highest BCUT2D eigenvalue weighted by Gasteiger charge is 2.33. The molecule has 17 heavy (non-hydrogen) atoms. The molecule has 2 unspecified atom stereocenters. The quantitative estimate of drug-likeness (QED) is 0.422. The normalized spacial score (nSPS) is 27.0. The van der Waals surface area contributed by atoms with E-state index in [0.29, 0.717) is 5.57 Å². The van der Waals surface area contributed by atoms with Crippen molar-refractivity contribution in [2.75, 3.05) is 0 Å². The molecule has 3 nitrogen and oxygen atoms in total. The van der Waals surface area contributed by atoms with Crippen LogP contribution in [-0.2, 0) is 4.79 Å². The predicted molar refractivity (Wildman–Crippen MR) is 67.5 cm³/mol. The molecule has 0 radical (unpaired) electrons. The van der Waals surface area contributed by atoms with E-state index in [0.717, 1.165) is 25.7 Å². The first-order valence-electron chi connectivity index (χ1n) is 6.32. The molecule has 0 saturated heterocycles. The van der Waals surface area contributed by atoms with Crippen molar-refractivity contribution < 1.29 is 15.0 Å². The van der Waals surface area contributed by atoms with Gasteiger partial charge >= 0.3 is 0 Å². The zero-order valence-electron chi connectivity index (χ0n) is 10.4. The fraction of sp³-hybridized carbons (Fsp3) is 0.643. The molecule has 1 rings (SSSR count). The molecule has 1 fully saturated rings. The van der Waals surface area contributed by atoms with Crippen molar-refractivity contribution in [1.29, 1.82) is 0 Å². The molecule has 0 aromatic heterocycles. The maximum absolute atomic E-state index is 11.3. The van der Waals surface area contributed by atoms with Crippen LogP contribution in [0, 0.1) is 5.92 Å². The van der Waals surface area contributed by atoms with Crippen molar-refractivity contribution in [3.8, 4) is 0 Å². The lowest BCUT2D eigenvalue weighted by molar-refractivity contribution is -0.115. The van der Waals surface area contributed by atoms with Crippen molar-refractivity contribution in [3.63, 3.8) is 0 Å². The molecule has 1 aliphatic carbocycles. The highest BCUT2D eigenvalue weighted by molar-refractivity contribution is 5.98. The molecule has 0 spiro atoms. The lowest BCUT2D eigenvalue weighted by Crippen LogP contribution is -2.12. The molecule has 2 N–H and O–H groups in total. The Balaban J connectivity index is 2.42. The first kappa shape index (κ1) is 14.1. The monoisotopic (exact) mass is 238 g/mol. The van der Waals surface area contributed by atoms with Crippen LogP contribution in [-0.4, -0.2) is 28.2 Å². The summed E-state index contributed by atoms with van der Waals surface area (Å²) in [6, 6.07) is 0. The summed E-state index contributed by atoms with van der Waals surface area (Å²) in [5, 5.41) is 19.3. The lowest BCUT2D eigenvalue weighted by Gasteiger charge is -2.10. The van der Waals surface area contributed by atoms with Gasteiger partial charge in [0.15, 0.2) is 5.78 Å². The Labute approximate surface area is 103 Å². The van der Waals surface area contributed by atoms with Gasteiger partial charge in [-0.3, -0.25) is 4.79 Å². The van der Waals surface area contributed by atoms with Gasteiger partial charge in [-0.05, 0) is 12.0 Å². The zero-order valence-corrected chi connectivity index (χ0v) is 10.4. The van der Waals surface area contributed by atoms with Crippen LogP contribution in [0.4, 0.5) is 0 Å². The summed E-state index contributed by atoms with van der Waals surface area (Å²) in [7, 11) is 0. The Morgan fingerprint density at radius 3 is 2.76 bits per heavy atom. The summed E-state index contributed by atoms with van der Waals surface area (Å²) in [6.45, 7) is 5.80. The molecule has 96 valence electrons. The van der Waals surface area contributed by atoms with Crippen molar-refractivity contribution >= 4 is 5.78 Å². The van der Waals surface area contributed by atoms with E-state index in [9.17, 15) is 15.0 Å². The molecule has 0 aliphatic heterocycles. The Hall–Kier alpha value is -0.930. The third-order valence-electron chi connectivity index (χ3n) is 3.21. The largest absolute Gasteiger partial charge is 0.392 e. The zero-order chi connectivity index (χ0) is 12.8. The molecule has 1 aliphatic rings. The van der Waals surface area contributed by atoms with Crippen molar-refractivity contribution in [2.24, 2.45) is 5.92 Å². The number of hydrogen-bond acceptors (Lipinski definition) is 3. The summed E-state index contributed by atoms with van der Waals surface area (Å²) in [5.74, 6) is -0.393. The van der Waals surface area contributed by atoms with E-state index >= 15 is 0 Å². The number of hydrogen-bond donors (Lipinski definition) is 2. The first-order chi connectivity index (χ1) is 8.06. The molecular formula is C14H22O3. The lowest BCUT2D eigenvalue weighted by atomic mass is 10.00. The van der Waals surface area contributed by atoms with E-state index in [1.54, 1.807) is 12.2 Å². The smallest absolute Gasteiger partial charge is 0.161 e. The summed E-state index contributed by atoms with van der Waals surface area (Å²) >= 11 is 0. The van der Waals surface area contributed by atoms with E-state index in [-0.39, 0.29) is 18.1 Å². The van der Waals surface area contributed by atoms with Crippen LogP contribution < -0.4 is 0 Å². The van der Waals surface area contributed by atoms with Gasteiger partial charge in [-0.1, -0.05) is 44.9 Å². The molecule has 3 heteroatoms. The Bertz CT molecular complexity index is 307. The van der Waals surface area contributed by atoms with E-state index in [1.165, 1.54) is 0 Å². The topological polar surface area (TPSA) is 57.5 Å². The van der Waals surface area contributed by atoms with Crippen LogP contribution in [0.25, 0.3) is 0 Å². The molecule has 1 saturated carbocycles. The predicted octanol–water partition coefficient (Wildman–Crippen LogP) is 1.99. The van der Waals surface area contributed by atoms with Crippen LogP contribution in [0.5, 0.6) is 0 Å². The Kier molecular flexibility index (Phi) is 5.59. The fourth-order valence-corrected chi connectivity index (χ4v) is 2.06. The number of rotatable bonds is 6. The number of Topliss-reactive ketones (excluding diaryl/α,β-unsaturated/α-hetero) is 1. The molecular weight excluding hydrogens is 216 g/mol. The molecule has 0 bridgehead atoms. The number of unbranched alkanes of at least 4 members (excludes halogenated alkanes) is 2. The second kappa shape index (κ2) is 6.72. The number of aliphatic hydroxyl groups excluding tert-OH is 2. The van der Waals surface area contributed by atoms with Crippen LogP contribution in [0.1, 0.15) is 39.0 Å². The third-order valence-corrected chi connectivity index (χ3v) is 3.21. The number of carbonyl (C=O) groups excluding carboxylic acids is 1. The Morgan fingerprint density at radius 1 is 1.53 bits per heavy atom. The summed E-state index contributed by atoms with van der Waals surface area (Å²) in [6.07, 6.45) is 6.35. The van der Waals surface area contributed by atoms with Gasteiger partial charge in [0.2, 0.25) is 0 Å². The van der Waals surface area contributed by atoms with Crippen molar-refractivity contribution in [2.45, 2.75) is 51.2 Å². The number of aliphatic hydroxyl groups is 2. The minimum absolute atomic E-state index is 0.0763. The van der Waals surface area contributed by atoms with E-state index in [2.05, 4.69) is 13.5 Å². The Morgan fingerprint density at radius 2 is 2.24 bits per heavy atom. The summed E-state index contributed by atoms with van der Waals surface area (Å²) in [4.78, 5) is 11.3. The average molecular weight is 238 g/mol. The van der Waals surface area contributed by atoms with Crippen molar-refractivity contribution in [3.05, 3.63) is 24.3 Å². The summed E-state index contributed by atoms with van der Waals surface area (Å²) in [5.41, 5.74) is 0.453. The van der Waals surface area contributed by atoms with E-state index in [4.69, 9.17) is 0 Å². The average Bonchev–Trinajstić information content (AvgIpc) is 2.51. The minimum atomic E-state index is -0.672. The van der Waals surface area contributed by atoms with Crippen LogP contribution in [0.2, 0.25) is 0 Å². The molecule has 0 heterocycles.